The lowest BCUT2D eigenvalue weighted by Crippen LogP contribution is -2.43. The minimum atomic E-state index is -0.271. The van der Waals surface area contributed by atoms with Gasteiger partial charge in [-0.1, -0.05) is 30.3 Å². The first-order chi connectivity index (χ1) is 15.8. The van der Waals surface area contributed by atoms with E-state index in [9.17, 15) is 4.79 Å². The van der Waals surface area contributed by atoms with Crippen LogP contribution < -0.4 is 5.32 Å². The van der Waals surface area contributed by atoms with E-state index in [4.69, 9.17) is 4.74 Å². The highest BCUT2D eigenvalue weighted by Crippen LogP contribution is 2.27. The molecular formula is C23H23N5O2S2. The molecule has 1 aliphatic rings. The van der Waals surface area contributed by atoms with E-state index in [1.165, 1.54) is 4.88 Å². The van der Waals surface area contributed by atoms with Gasteiger partial charge in [0.15, 0.2) is 5.82 Å². The van der Waals surface area contributed by atoms with E-state index in [-0.39, 0.29) is 17.8 Å². The van der Waals surface area contributed by atoms with Gasteiger partial charge in [0, 0.05) is 24.5 Å². The van der Waals surface area contributed by atoms with Gasteiger partial charge in [0.25, 0.3) is 5.91 Å². The van der Waals surface area contributed by atoms with Gasteiger partial charge in [0.2, 0.25) is 5.82 Å². The fraction of sp³-hybridized carbons (Fsp3) is 0.261. The van der Waals surface area contributed by atoms with Gasteiger partial charge in [-0.15, -0.1) is 27.8 Å². The van der Waals surface area contributed by atoms with E-state index in [1.54, 1.807) is 27.4 Å². The van der Waals surface area contributed by atoms with Crippen LogP contribution in [0.3, 0.4) is 0 Å². The van der Waals surface area contributed by atoms with Crippen molar-refractivity contribution < 1.29 is 9.53 Å². The predicted octanol–water partition coefficient (Wildman–Crippen LogP) is 3.86. The Balaban J connectivity index is 1.38. The Morgan fingerprint density at radius 3 is 2.53 bits per heavy atom. The summed E-state index contributed by atoms with van der Waals surface area (Å²) in [5.41, 5.74) is 0.868. The van der Waals surface area contributed by atoms with E-state index in [1.807, 2.05) is 53.9 Å². The quantitative estimate of drug-likeness (QED) is 0.449. The average Bonchev–Trinajstić information content (AvgIpc) is 3.62. The van der Waals surface area contributed by atoms with Crippen LogP contribution in [0.4, 0.5) is 0 Å². The Bertz CT molecular complexity index is 1140. The molecule has 0 radical (unpaired) electrons. The molecule has 4 heterocycles. The summed E-state index contributed by atoms with van der Waals surface area (Å²) in [5, 5.41) is 11.7. The van der Waals surface area contributed by atoms with Crippen LogP contribution in [0.1, 0.15) is 21.5 Å². The highest BCUT2D eigenvalue weighted by Gasteiger charge is 2.25. The van der Waals surface area contributed by atoms with E-state index < -0.39 is 0 Å². The minimum Gasteiger partial charge on any atom is -0.379 e. The molecule has 32 heavy (non-hydrogen) atoms. The number of amides is 1. The second kappa shape index (κ2) is 9.74. The van der Waals surface area contributed by atoms with Crippen molar-refractivity contribution in [2.75, 3.05) is 32.8 Å². The molecule has 1 atom stereocenters. The lowest BCUT2D eigenvalue weighted by molar-refractivity contribution is 0.0169. The third kappa shape index (κ3) is 4.51. The number of nitrogens with one attached hydrogen (secondary N) is 1. The van der Waals surface area contributed by atoms with Crippen molar-refractivity contribution in [2.45, 2.75) is 6.04 Å². The van der Waals surface area contributed by atoms with Crippen molar-refractivity contribution in [1.82, 2.24) is 25.0 Å². The Hall–Kier alpha value is -2.85. The topological polar surface area (TPSA) is 72.3 Å². The van der Waals surface area contributed by atoms with Crippen LogP contribution in [0.25, 0.3) is 16.4 Å². The number of hydrogen-bond acceptors (Lipinski definition) is 7. The maximum atomic E-state index is 13.1. The predicted molar refractivity (Wildman–Crippen MR) is 126 cm³/mol. The van der Waals surface area contributed by atoms with Crippen molar-refractivity contribution >= 4 is 28.6 Å². The van der Waals surface area contributed by atoms with Crippen LogP contribution in [0.5, 0.6) is 0 Å². The number of para-hydroxylation sites is 1. The number of morpholine rings is 1. The summed E-state index contributed by atoms with van der Waals surface area (Å²) in [4.78, 5) is 22.2. The zero-order chi connectivity index (χ0) is 21.8. The summed E-state index contributed by atoms with van der Waals surface area (Å²) in [7, 11) is 0. The van der Waals surface area contributed by atoms with Gasteiger partial charge >= 0.3 is 0 Å². The first-order valence-corrected chi connectivity index (χ1v) is 12.3. The summed E-state index contributed by atoms with van der Waals surface area (Å²) in [6.07, 6.45) is 0. The normalized spacial score (nSPS) is 15.5. The molecule has 1 fully saturated rings. The van der Waals surface area contributed by atoms with Crippen molar-refractivity contribution in [3.63, 3.8) is 0 Å². The van der Waals surface area contributed by atoms with Gasteiger partial charge in [-0.25, -0.2) is 9.67 Å². The monoisotopic (exact) mass is 465 g/mol. The molecule has 7 nitrogen and oxygen atoms in total. The average molecular weight is 466 g/mol. The highest BCUT2D eigenvalue weighted by molar-refractivity contribution is 7.13. The van der Waals surface area contributed by atoms with Crippen molar-refractivity contribution in [3.8, 4) is 16.4 Å². The minimum absolute atomic E-state index is 0.107. The Morgan fingerprint density at radius 1 is 1.03 bits per heavy atom. The first kappa shape index (κ1) is 21.0. The van der Waals surface area contributed by atoms with Crippen molar-refractivity contribution in [3.05, 3.63) is 76.1 Å². The lowest BCUT2D eigenvalue weighted by Gasteiger charge is -2.34. The second-order valence-corrected chi connectivity index (χ2v) is 9.30. The number of benzene rings is 1. The maximum Gasteiger partial charge on any atom is 0.291 e. The van der Waals surface area contributed by atoms with Crippen molar-refractivity contribution in [2.24, 2.45) is 0 Å². The molecule has 1 N–H and O–H groups in total. The van der Waals surface area contributed by atoms with Crippen molar-refractivity contribution in [1.29, 1.82) is 0 Å². The van der Waals surface area contributed by atoms with Crippen LogP contribution in [0.2, 0.25) is 0 Å². The molecule has 0 unspecified atom stereocenters. The summed E-state index contributed by atoms with van der Waals surface area (Å²) < 4.78 is 7.24. The Kier molecular flexibility index (Phi) is 6.40. The van der Waals surface area contributed by atoms with Crippen LogP contribution in [-0.4, -0.2) is 58.4 Å². The molecule has 5 rings (SSSR count). The summed E-state index contributed by atoms with van der Waals surface area (Å²) in [5.74, 6) is 0.566. The van der Waals surface area contributed by atoms with Gasteiger partial charge < -0.3 is 10.1 Å². The zero-order valence-electron chi connectivity index (χ0n) is 17.4. The third-order valence-electron chi connectivity index (χ3n) is 5.37. The molecule has 0 saturated carbocycles. The summed E-state index contributed by atoms with van der Waals surface area (Å²) >= 11 is 3.28. The number of rotatable bonds is 7. The third-order valence-corrected chi connectivity index (χ3v) is 7.21. The highest BCUT2D eigenvalue weighted by atomic mass is 32.1. The molecule has 1 aliphatic heterocycles. The number of carbonyl (C=O) groups excluding carboxylic acids is 1. The molecule has 4 aromatic rings. The molecule has 1 amide bonds. The van der Waals surface area contributed by atoms with Gasteiger partial charge in [-0.2, -0.15) is 0 Å². The lowest BCUT2D eigenvalue weighted by atomic mass is 10.2. The number of aromatic nitrogens is 3. The standard InChI is InChI=1S/C23H23N5O2S2/c29-23(24-16-18(19-8-4-14-31-19)27-10-12-30-13-11-27)21-25-22(20-9-5-15-32-20)28(26-21)17-6-2-1-3-7-17/h1-9,14-15,18H,10-13,16H2,(H,24,29)/t18-/m1/s1. The van der Waals surface area contributed by atoms with E-state index in [2.05, 4.69) is 31.7 Å². The molecule has 9 heteroatoms. The van der Waals surface area contributed by atoms with E-state index in [0.717, 1.165) is 23.7 Å². The Labute approximate surface area is 194 Å². The second-order valence-electron chi connectivity index (χ2n) is 7.37. The zero-order valence-corrected chi connectivity index (χ0v) is 19.0. The number of hydrogen-bond donors (Lipinski definition) is 1. The SMILES string of the molecule is O=C(NC[C@H](c1cccs1)N1CCOCC1)c1nc(-c2cccs2)n(-c2ccccc2)n1. The van der Waals surface area contributed by atoms with E-state index in [0.29, 0.717) is 25.6 Å². The smallest absolute Gasteiger partial charge is 0.291 e. The summed E-state index contributed by atoms with van der Waals surface area (Å²) in [6.45, 7) is 3.61. The molecular weight excluding hydrogens is 442 g/mol. The van der Waals surface area contributed by atoms with Gasteiger partial charge in [0.05, 0.1) is 29.8 Å². The van der Waals surface area contributed by atoms with Gasteiger partial charge in [0.1, 0.15) is 0 Å². The molecule has 1 saturated heterocycles. The summed E-state index contributed by atoms with van der Waals surface area (Å²) in [6, 6.07) is 18.0. The Morgan fingerprint density at radius 2 is 1.81 bits per heavy atom. The van der Waals surface area contributed by atoms with Crippen LogP contribution in [0.15, 0.2) is 65.4 Å². The fourth-order valence-electron chi connectivity index (χ4n) is 3.77. The number of nitrogens with zero attached hydrogens (tertiary/aromatic N) is 4. The van der Waals surface area contributed by atoms with Gasteiger partial charge in [-0.3, -0.25) is 9.69 Å². The van der Waals surface area contributed by atoms with Crippen LogP contribution in [-0.2, 0) is 4.74 Å². The molecule has 164 valence electrons. The van der Waals surface area contributed by atoms with Crippen LogP contribution >= 0.6 is 22.7 Å². The fourth-order valence-corrected chi connectivity index (χ4v) is 5.33. The molecule has 1 aromatic carbocycles. The molecule has 0 aliphatic carbocycles. The first-order valence-electron chi connectivity index (χ1n) is 10.5. The van der Waals surface area contributed by atoms with Crippen LogP contribution in [0, 0.1) is 0 Å². The maximum absolute atomic E-state index is 13.1. The van der Waals surface area contributed by atoms with Gasteiger partial charge in [-0.05, 0) is 35.0 Å². The number of thiophene rings is 2. The van der Waals surface area contributed by atoms with E-state index >= 15 is 0 Å². The molecule has 0 spiro atoms. The molecule has 3 aromatic heterocycles. The number of ether oxygens (including phenoxy) is 1. The largest absolute Gasteiger partial charge is 0.379 e. The molecule has 0 bridgehead atoms. The number of carbonyl (C=O) groups is 1.